The van der Waals surface area contributed by atoms with Crippen molar-refractivity contribution in [1.29, 1.82) is 0 Å². The summed E-state index contributed by atoms with van der Waals surface area (Å²) in [5.74, 6) is 0.720. The Kier molecular flexibility index (Phi) is 6.00. The highest BCUT2D eigenvalue weighted by atomic mass is 16.5. The molecule has 0 aliphatic rings. The van der Waals surface area contributed by atoms with Crippen molar-refractivity contribution in [2.45, 2.75) is 51.9 Å². The molecule has 0 atom stereocenters. The fourth-order valence-electron chi connectivity index (χ4n) is 3.05. The summed E-state index contributed by atoms with van der Waals surface area (Å²) in [6.45, 7) is 3.00. The molecule has 0 saturated carbocycles. The van der Waals surface area contributed by atoms with E-state index in [9.17, 15) is 0 Å². The van der Waals surface area contributed by atoms with Crippen molar-refractivity contribution in [2.24, 2.45) is 0 Å². The van der Waals surface area contributed by atoms with Gasteiger partial charge in [-0.2, -0.15) is 0 Å². The highest BCUT2D eigenvalue weighted by Crippen LogP contribution is 2.25. The fraction of sp³-hybridized carbons (Fsp3) is 0.429. The van der Waals surface area contributed by atoms with E-state index in [1.807, 2.05) is 24.5 Å². The summed E-state index contributed by atoms with van der Waals surface area (Å²) in [5, 5.41) is 3.38. The van der Waals surface area contributed by atoms with Gasteiger partial charge in [0.25, 0.3) is 0 Å². The molecule has 0 bridgehead atoms. The van der Waals surface area contributed by atoms with Crippen LogP contribution >= 0.6 is 0 Å². The number of pyridine rings is 2. The zero-order valence-corrected chi connectivity index (χ0v) is 14.5. The summed E-state index contributed by atoms with van der Waals surface area (Å²) in [6, 6.07) is 10.3. The summed E-state index contributed by atoms with van der Waals surface area (Å²) in [6.07, 6.45) is 12.7. The van der Waals surface area contributed by atoms with E-state index in [0.717, 1.165) is 40.6 Å². The average molecular weight is 322 g/mol. The van der Waals surface area contributed by atoms with E-state index >= 15 is 0 Å². The van der Waals surface area contributed by atoms with E-state index in [4.69, 9.17) is 9.72 Å². The number of fused-ring (bicyclic) bond motifs is 3. The number of hydrogen-bond acceptors (Lipinski definition) is 3. The fourth-order valence-corrected chi connectivity index (χ4v) is 3.05. The van der Waals surface area contributed by atoms with Crippen molar-refractivity contribution < 1.29 is 4.74 Å². The van der Waals surface area contributed by atoms with Gasteiger partial charge in [-0.3, -0.25) is 4.98 Å². The molecule has 0 saturated heterocycles. The lowest BCUT2D eigenvalue weighted by Gasteiger charge is -2.08. The molecule has 2 aromatic heterocycles. The molecule has 3 rings (SSSR count). The van der Waals surface area contributed by atoms with E-state index in [-0.39, 0.29) is 0 Å². The van der Waals surface area contributed by atoms with Gasteiger partial charge in [0.15, 0.2) is 0 Å². The summed E-state index contributed by atoms with van der Waals surface area (Å²) >= 11 is 0. The number of unbranched alkanes of at least 4 members (excludes halogenated alkanes) is 6. The van der Waals surface area contributed by atoms with Crippen molar-refractivity contribution in [2.75, 3.05) is 6.61 Å². The van der Waals surface area contributed by atoms with Crippen LogP contribution in [0.1, 0.15) is 51.9 Å². The first kappa shape index (κ1) is 16.7. The van der Waals surface area contributed by atoms with E-state index in [0.29, 0.717) is 0 Å². The van der Waals surface area contributed by atoms with Crippen LogP contribution in [-0.4, -0.2) is 16.6 Å². The quantitative estimate of drug-likeness (QED) is 0.363. The predicted octanol–water partition coefficient (Wildman–Crippen LogP) is 5.91. The zero-order valence-electron chi connectivity index (χ0n) is 14.5. The summed E-state index contributed by atoms with van der Waals surface area (Å²) in [4.78, 5) is 8.89. The number of ether oxygens (including phenoxy) is 1. The maximum Gasteiger partial charge on any atom is 0.213 e. The van der Waals surface area contributed by atoms with E-state index in [1.54, 1.807) is 0 Å². The smallest absolute Gasteiger partial charge is 0.213 e. The van der Waals surface area contributed by atoms with Gasteiger partial charge in [-0.15, -0.1) is 0 Å². The lowest BCUT2D eigenvalue weighted by atomic mass is 10.1. The third-order valence-electron chi connectivity index (χ3n) is 4.45. The Morgan fingerprint density at radius 2 is 1.58 bits per heavy atom. The second kappa shape index (κ2) is 8.62. The molecule has 0 fully saturated rings. The molecule has 0 spiro atoms. The molecule has 3 aromatic rings. The molecule has 0 aliphatic carbocycles. The van der Waals surface area contributed by atoms with Crippen LogP contribution in [0.15, 0.2) is 42.7 Å². The van der Waals surface area contributed by atoms with Gasteiger partial charge >= 0.3 is 0 Å². The SMILES string of the molecule is CCCCCCCCCOc1ccc2ccc3cnccc3c2n1. The van der Waals surface area contributed by atoms with Crippen LogP contribution in [0, 0.1) is 0 Å². The molecular weight excluding hydrogens is 296 g/mol. The van der Waals surface area contributed by atoms with Crippen molar-refractivity contribution in [3.8, 4) is 5.88 Å². The Morgan fingerprint density at radius 1 is 0.833 bits per heavy atom. The zero-order chi connectivity index (χ0) is 16.6. The molecule has 0 amide bonds. The number of benzene rings is 1. The van der Waals surface area contributed by atoms with Crippen LogP contribution in [-0.2, 0) is 0 Å². The second-order valence-corrected chi connectivity index (χ2v) is 6.35. The van der Waals surface area contributed by atoms with Crippen LogP contribution in [0.2, 0.25) is 0 Å². The molecular formula is C21H26N2O. The average Bonchev–Trinajstić information content (AvgIpc) is 2.63. The van der Waals surface area contributed by atoms with Gasteiger partial charge < -0.3 is 4.74 Å². The molecule has 0 unspecified atom stereocenters. The van der Waals surface area contributed by atoms with Gasteiger partial charge in [0.1, 0.15) is 0 Å². The third kappa shape index (κ3) is 4.22. The summed E-state index contributed by atoms with van der Waals surface area (Å²) in [7, 11) is 0. The first-order chi connectivity index (χ1) is 11.9. The second-order valence-electron chi connectivity index (χ2n) is 6.35. The molecule has 126 valence electrons. The summed E-state index contributed by atoms with van der Waals surface area (Å²) in [5.41, 5.74) is 0.993. The number of rotatable bonds is 9. The van der Waals surface area contributed by atoms with Gasteiger partial charge in [0, 0.05) is 34.6 Å². The van der Waals surface area contributed by atoms with Crippen LogP contribution in [0.3, 0.4) is 0 Å². The number of hydrogen-bond donors (Lipinski definition) is 0. The molecule has 3 nitrogen and oxygen atoms in total. The lowest BCUT2D eigenvalue weighted by molar-refractivity contribution is 0.294. The van der Waals surface area contributed by atoms with E-state index in [2.05, 4.69) is 30.1 Å². The minimum absolute atomic E-state index is 0.720. The first-order valence-corrected chi connectivity index (χ1v) is 9.15. The normalized spacial score (nSPS) is 11.2. The highest BCUT2D eigenvalue weighted by molar-refractivity contribution is 6.04. The van der Waals surface area contributed by atoms with Gasteiger partial charge in [-0.25, -0.2) is 4.98 Å². The molecule has 0 N–H and O–H groups in total. The first-order valence-electron chi connectivity index (χ1n) is 9.15. The minimum atomic E-state index is 0.720. The molecule has 3 heteroatoms. The van der Waals surface area contributed by atoms with Crippen LogP contribution in [0.25, 0.3) is 21.7 Å². The summed E-state index contributed by atoms with van der Waals surface area (Å²) < 4.78 is 5.86. The Labute approximate surface area is 144 Å². The third-order valence-corrected chi connectivity index (χ3v) is 4.45. The molecule has 0 aliphatic heterocycles. The lowest BCUT2D eigenvalue weighted by Crippen LogP contribution is -1.99. The largest absolute Gasteiger partial charge is 0.478 e. The monoisotopic (exact) mass is 322 g/mol. The van der Waals surface area contributed by atoms with Crippen LogP contribution in [0.5, 0.6) is 5.88 Å². The standard InChI is InChI=1S/C21H26N2O/c1-2-3-4-5-6-7-8-15-24-20-12-11-17-9-10-18-16-22-14-13-19(18)21(17)23-20/h9-14,16H,2-8,15H2,1H3. The predicted molar refractivity (Wildman–Crippen MR) is 101 cm³/mol. The number of aromatic nitrogens is 2. The maximum absolute atomic E-state index is 5.86. The van der Waals surface area contributed by atoms with Crippen molar-refractivity contribution >= 4 is 21.7 Å². The van der Waals surface area contributed by atoms with Gasteiger partial charge in [-0.05, 0) is 18.6 Å². The van der Waals surface area contributed by atoms with Crippen molar-refractivity contribution in [3.05, 3.63) is 42.7 Å². The maximum atomic E-state index is 5.86. The van der Waals surface area contributed by atoms with Crippen LogP contribution in [0.4, 0.5) is 0 Å². The highest BCUT2D eigenvalue weighted by Gasteiger charge is 2.04. The van der Waals surface area contributed by atoms with Gasteiger partial charge in [0.2, 0.25) is 5.88 Å². The van der Waals surface area contributed by atoms with Crippen LogP contribution < -0.4 is 4.74 Å². The Hall–Kier alpha value is -2.16. The van der Waals surface area contributed by atoms with E-state index < -0.39 is 0 Å². The Balaban J connectivity index is 1.57. The minimum Gasteiger partial charge on any atom is -0.478 e. The van der Waals surface area contributed by atoms with Gasteiger partial charge in [-0.1, -0.05) is 57.6 Å². The van der Waals surface area contributed by atoms with Crippen molar-refractivity contribution in [1.82, 2.24) is 9.97 Å². The molecule has 24 heavy (non-hydrogen) atoms. The molecule has 1 aromatic carbocycles. The van der Waals surface area contributed by atoms with E-state index in [1.165, 1.54) is 38.5 Å². The van der Waals surface area contributed by atoms with Gasteiger partial charge in [0.05, 0.1) is 12.1 Å². The van der Waals surface area contributed by atoms with Crippen molar-refractivity contribution in [3.63, 3.8) is 0 Å². The molecule has 0 radical (unpaired) electrons. The molecule has 2 heterocycles. The Bertz CT molecular complexity index is 785. The topological polar surface area (TPSA) is 35.0 Å². The Morgan fingerprint density at radius 3 is 2.46 bits per heavy atom. The number of nitrogens with zero attached hydrogens (tertiary/aromatic N) is 2.